The van der Waals surface area contributed by atoms with Crippen molar-refractivity contribution in [3.05, 3.63) is 89.9 Å². The van der Waals surface area contributed by atoms with Gasteiger partial charge >= 0.3 is 0 Å². The van der Waals surface area contributed by atoms with Crippen LogP contribution < -0.4 is 15.2 Å². The molecule has 1 amide bonds. The number of sulfonamides is 1. The monoisotopic (exact) mass is 480 g/mol. The Labute approximate surface area is 195 Å². The molecule has 3 aromatic carbocycles. The van der Waals surface area contributed by atoms with Crippen molar-refractivity contribution in [2.75, 3.05) is 12.4 Å². The average Bonchev–Trinajstić information content (AvgIpc) is 3.25. The molecule has 0 saturated carbocycles. The van der Waals surface area contributed by atoms with Gasteiger partial charge in [-0.25, -0.2) is 22.6 Å². The lowest BCUT2D eigenvalue weighted by molar-refractivity contribution is 0.102. The summed E-state index contributed by atoms with van der Waals surface area (Å²) in [6.45, 7) is 1.95. The number of aromatic nitrogens is 2. The fourth-order valence-electron chi connectivity index (χ4n) is 3.37. The summed E-state index contributed by atoms with van der Waals surface area (Å²) in [6, 6.07) is 17.3. The number of rotatable bonds is 6. The maximum atomic E-state index is 13.4. The number of nitrogens with two attached hydrogens (primary N) is 1. The van der Waals surface area contributed by atoms with Crippen LogP contribution in [0.1, 0.15) is 15.9 Å². The number of halogens is 1. The summed E-state index contributed by atoms with van der Waals surface area (Å²) in [7, 11) is -2.76. The maximum absolute atomic E-state index is 13.4. The number of hydrogen-bond donors (Lipinski definition) is 2. The number of methoxy groups -OCH3 is 1. The first kappa shape index (κ1) is 23.1. The van der Waals surface area contributed by atoms with E-state index in [9.17, 15) is 17.6 Å². The Morgan fingerprint density at radius 3 is 2.35 bits per heavy atom. The molecule has 0 aliphatic carbocycles. The van der Waals surface area contributed by atoms with Gasteiger partial charge in [0, 0.05) is 17.4 Å². The molecule has 1 aromatic heterocycles. The SMILES string of the molecule is COc1ccc(NC(=O)c2cn(-c3ccc(F)cc3)nc2-c2ccc(C)cc2)cc1S(N)(=O)=O. The number of primary sulfonamides is 1. The summed E-state index contributed by atoms with van der Waals surface area (Å²) < 4.78 is 43.7. The molecule has 4 rings (SSSR count). The first-order chi connectivity index (χ1) is 16.2. The predicted molar refractivity (Wildman–Crippen MR) is 126 cm³/mol. The van der Waals surface area contributed by atoms with Gasteiger partial charge in [0.05, 0.1) is 18.4 Å². The quantitative estimate of drug-likeness (QED) is 0.434. The van der Waals surface area contributed by atoms with E-state index in [0.717, 1.165) is 5.56 Å². The summed E-state index contributed by atoms with van der Waals surface area (Å²) in [4.78, 5) is 13.0. The molecule has 174 valence electrons. The zero-order valence-corrected chi connectivity index (χ0v) is 19.1. The lowest BCUT2D eigenvalue weighted by Crippen LogP contribution is -2.16. The highest BCUT2D eigenvalue weighted by Crippen LogP contribution is 2.28. The lowest BCUT2D eigenvalue weighted by atomic mass is 10.1. The van der Waals surface area contributed by atoms with Crippen molar-refractivity contribution < 1.29 is 22.3 Å². The van der Waals surface area contributed by atoms with Gasteiger partial charge in [-0.2, -0.15) is 5.10 Å². The number of benzene rings is 3. The molecule has 8 nitrogen and oxygen atoms in total. The second-order valence-corrected chi connectivity index (χ2v) is 9.07. The number of nitrogens with one attached hydrogen (secondary N) is 1. The Morgan fingerprint density at radius 1 is 1.06 bits per heavy atom. The van der Waals surface area contributed by atoms with E-state index < -0.39 is 21.7 Å². The van der Waals surface area contributed by atoms with Gasteiger partial charge in [-0.15, -0.1) is 0 Å². The highest BCUT2D eigenvalue weighted by molar-refractivity contribution is 7.89. The van der Waals surface area contributed by atoms with Crippen LogP contribution in [0.2, 0.25) is 0 Å². The van der Waals surface area contributed by atoms with Crippen LogP contribution in [0.3, 0.4) is 0 Å². The molecule has 10 heteroatoms. The molecule has 0 saturated heterocycles. The zero-order valence-electron chi connectivity index (χ0n) is 18.3. The van der Waals surface area contributed by atoms with Crippen molar-refractivity contribution >= 4 is 21.6 Å². The lowest BCUT2D eigenvalue weighted by Gasteiger charge is -2.10. The minimum atomic E-state index is -4.08. The Morgan fingerprint density at radius 2 is 1.74 bits per heavy atom. The Bertz CT molecular complexity index is 1460. The number of carbonyl (C=O) groups excluding carboxylic acids is 1. The predicted octanol–water partition coefficient (Wildman–Crippen LogP) is 3.90. The van der Waals surface area contributed by atoms with Gasteiger partial charge < -0.3 is 10.1 Å². The van der Waals surface area contributed by atoms with Crippen LogP contribution in [0.25, 0.3) is 16.9 Å². The smallest absolute Gasteiger partial charge is 0.259 e. The Hall–Kier alpha value is -4.02. The summed E-state index contributed by atoms with van der Waals surface area (Å²) in [5, 5.41) is 12.5. The molecule has 0 radical (unpaired) electrons. The van der Waals surface area contributed by atoms with E-state index in [1.165, 1.54) is 48.3 Å². The number of anilines is 1. The molecule has 0 unspecified atom stereocenters. The van der Waals surface area contributed by atoms with Gasteiger partial charge in [0.25, 0.3) is 5.91 Å². The minimum absolute atomic E-state index is 0.0602. The van der Waals surface area contributed by atoms with Gasteiger partial charge in [0.15, 0.2) is 0 Å². The zero-order chi connectivity index (χ0) is 24.5. The third-order valence-electron chi connectivity index (χ3n) is 5.10. The number of aryl methyl sites for hydroxylation is 1. The van der Waals surface area contributed by atoms with Gasteiger partial charge in [0.2, 0.25) is 10.0 Å². The third kappa shape index (κ3) is 4.82. The molecule has 0 spiro atoms. The van der Waals surface area contributed by atoms with Gasteiger partial charge in [-0.05, 0) is 49.4 Å². The first-order valence-corrected chi connectivity index (χ1v) is 11.6. The molecular formula is C24H21FN4O4S. The first-order valence-electron chi connectivity index (χ1n) is 10.1. The highest BCUT2D eigenvalue weighted by Gasteiger charge is 2.21. The average molecular weight is 481 g/mol. The van der Waals surface area contributed by atoms with E-state index >= 15 is 0 Å². The third-order valence-corrected chi connectivity index (χ3v) is 6.04. The largest absolute Gasteiger partial charge is 0.495 e. The van der Waals surface area contributed by atoms with Crippen molar-refractivity contribution in [2.24, 2.45) is 5.14 Å². The normalized spacial score (nSPS) is 11.3. The number of ether oxygens (including phenoxy) is 1. The van der Waals surface area contributed by atoms with Crippen molar-refractivity contribution in [2.45, 2.75) is 11.8 Å². The van der Waals surface area contributed by atoms with Crippen molar-refractivity contribution in [3.63, 3.8) is 0 Å². The summed E-state index contributed by atoms with van der Waals surface area (Å²) in [6.07, 6.45) is 1.53. The van der Waals surface area contributed by atoms with Crippen LogP contribution in [0.15, 0.2) is 77.8 Å². The molecule has 0 bridgehead atoms. The number of hydrogen-bond acceptors (Lipinski definition) is 5. The maximum Gasteiger partial charge on any atom is 0.259 e. The van der Waals surface area contributed by atoms with Crippen LogP contribution in [0.5, 0.6) is 5.75 Å². The van der Waals surface area contributed by atoms with Crippen LogP contribution in [0, 0.1) is 12.7 Å². The highest BCUT2D eigenvalue weighted by atomic mass is 32.2. The molecule has 0 aliphatic heterocycles. The topological polar surface area (TPSA) is 116 Å². The van der Waals surface area contributed by atoms with E-state index in [1.807, 2.05) is 31.2 Å². The van der Waals surface area contributed by atoms with E-state index in [4.69, 9.17) is 9.88 Å². The molecule has 4 aromatic rings. The fourth-order valence-corrected chi connectivity index (χ4v) is 4.09. The molecule has 3 N–H and O–H groups in total. The van der Waals surface area contributed by atoms with Gasteiger partial charge in [-0.1, -0.05) is 29.8 Å². The molecule has 0 atom stereocenters. The van der Waals surface area contributed by atoms with E-state index in [-0.39, 0.29) is 21.9 Å². The van der Waals surface area contributed by atoms with E-state index in [2.05, 4.69) is 10.4 Å². The Kier molecular flexibility index (Phi) is 6.18. The number of nitrogens with zero attached hydrogens (tertiary/aromatic N) is 2. The van der Waals surface area contributed by atoms with Gasteiger partial charge in [-0.3, -0.25) is 4.79 Å². The van der Waals surface area contributed by atoms with Gasteiger partial charge in [0.1, 0.15) is 22.2 Å². The van der Waals surface area contributed by atoms with Crippen molar-refractivity contribution in [1.29, 1.82) is 0 Å². The Balaban J connectivity index is 1.76. The molecule has 1 heterocycles. The molecule has 0 fully saturated rings. The molecular weight excluding hydrogens is 459 g/mol. The second kappa shape index (κ2) is 9.08. The summed E-state index contributed by atoms with van der Waals surface area (Å²) in [5.74, 6) is -0.850. The van der Waals surface area contributed by atoms with E-state index in [1.54, 1.807) is 12.1 Å². The standard InChI is InChI=1S/C24H21FN4O4S/c1-15-3-5-16(6-4-15)23-20(14-29(28-23)19-10-7-17(25)8-11-19)24(30)27-18-9-12-21(33-2)22(13-18)34(26,31)32/h3-14H,1-2H3,(H,27,30)(H2,26,31,32). The summed E-state index contributed by atoms with van der Waals surface area (Å²) in [5.41, 5.74) is 3.16. The van der Waals surface area contributed by atoms with Crippen LogP contribution in [-0.2, 0) is 10.0 Å². The second-order valence-electron chi connectivity index (χ2n) is 7.54. The van der Waals surface area contributed by atoms with Crippen molar-refractivity contribution in [3.8, 4) is 22.7 Å². The van der Waals surface area contributed by atoms with Crippen molar-refractivity contribution in [1.82, 2.24) is 9.78 Å². The molecule has 34 heavy (non-hydrogen) atoms. The van der Waals surface area contributed by atoms with Crippen LogP contribution >= 0.6 is 0 Å². The van der Waals surface area contributed by atoms with Crippen LogP contribution in [0.4, 0.5) is 10.1 Å². The van der Waals surface area contributed by atoms with Crippen LogP contribution in [-0.4, -0.2) is 31.2 Å². The minimum Gasteiger partial charge on any atom is -0.495 e. The summed E-state index contributed by atoms with van der Waals surface area (Å²) >= 11 is 0. The van der Waals surface area contributed by atoms with E-state index in [0.29, 0.717) is 16.9 Å². The fraction of sp³-hybridized carbons (Fsp3) is 0.0833. The molecule has 0 aliphatic rings. The number of amides is 1. The number of carbonyl (C=O) groups is 1.